The first kappa shape index (κ1) is 13.1. The van der Waals surface area contributed by atoms with Crippen LogP contribution in [0.2, 0.25) is 0 Å². The minimum atomic E-state index is -0.501. The molecule has 94 valence electrons. The summed E-state index contributed by atoms with van der Waals surface area (Å²) in [4.78, 5) is 0. The highest BCUT2D eigenvalue weighted by Crippen LogP contribution is 2.27. The Morgan fingerprint density at radius 2 is 1.72 bits per heavy atom. The molecule has 0 aliphatic carbocycles. The predicted octanol–water partition coefficient (Wildman–Crippen LogP) is 4.43. The van der Waals surface area contributed by atoms with Crippen LogP contribution in [0.3, 0.4) is 0 Å². The molecule has 0 heterocycles. The van der Waals surface area contributed by atoms with Gasteiger partial charge in [-0.2, -0.15) is 0 Å². The molecule has 2 rings (SSSR count). The normalized spacial score (nSPS) is 12.2. The quantitative estimate of drug-likeness (QED) is 0.908. The first-order valence-corrected chi connectivity index (χ1v) is 6.26. The second-order valence-electron chi connectivity index (χ2n) is 3.92. The molecule has 0 aliphatic rings. The fourth-order valence-electron chi connectivity index (χ4n) is 1.49. The van der Waals surface area contributed by atoms with E-state index in [0.29, 0.717) is 16.0 Å². The van der Waals surface area contributed by atoms with Crippen molar-refractivity contribution in [3.63, 3.8) is 0 Å². The number of ether oxygens (including phenoxy) is 1. The van der Waals surface area contributed by atoms with Gasteiger partial charge in [0.15, 0.2) is 0 Å². The molecule has 0 spiro atoms. The Morgan fingerprint density at radius 3 is 2.28 bits per heavy atom. The fourth-order valence-corrected chi connectivity index (χ4v) is 1.85. The van der Waals surface area contributed by atoms with Gasteiger partial charge in [-0.3, -0.25) is 0 Å². The summed E-state index contributed by atoms with van der Waals surface area (Å²) in [6, 6.07) is 11.6. The lowest BCUT2D eigenvalue weighted by atomic mass is 10.1. The largest absolute Gasteiger partial charge is 0.457 e. The molecule has 0 saturated heterocycles. The van der Waals surface area contributed by atoms with Gasteiger partial charge in [-0.05, 0) is 58.7 Å². The molecular formula is C14H12BrFO2. The van der Waals surface area contributed by atoms with E-state index in [9.17, 15) is 9.50 Å². The molecule has 18 heavy (non-hydrogen) atoms. The van der Waals surface area contributed by atoms with Crippen molar-refractivity contribution in [1.29, 1.82) is 0 Å². The Hall–Kier alpha value is -1.39. The summed E-state index contributed by atoms with van der Waals surface area (Å²) in [6.45, 7) is 1.70. The van der Waals surface area contributed by atoms with Crippen LogP contribution in [0.5, 0.6) is 11.5 Å². The lowest BCUT2D eigenvalue weighted by Gasteiger charge is -2.08. The third kappa shape index (κ3) is 3.09. The highest BCUT2D eigenvalue weighted by atomic mass is 79.9. The number of benzene rings is 2. The van der Waals surface area contributed by atoms with Crippen molar-refractivity contribution in [2.24, 2.45) is 0 Å². The minimum Gasteiger partial charge on any atom is -0.457 e. The van der Waals surface area contributed by atoms with Gasteiger partial charge in [0.25, 0.3) is 0 Å². The molecule has 0 amide bonds. The first-order valence-electron chi connectivity index (χ1n) is 5.47. The lowest BCUT2D eigenvalue weighted by molar-refractivity contribution is 0.199. The predicted molar refractivity (Wildman–Crippen MR) is 71.2 cm³/mol. The van der Waals surface area contributed by atoms with Crippen LogP contribution in [-0.2, 0) is 0 Å². The average molecular weight is 311 g/mol. The topological polar surface area (TPSA) is 29.5 Å². The molecule has 0 aliphatic heterocycles. The van der Waals surface area contributed by atoms with Crippen LogP contribution < -0.4 is 4.74 Å². The van der Waals surface area contributed by atoms with E-state index >= 15 is 0 Å². The average Bonchev–Trinajstić information content (AvgIpc) is 2.34. The number of hydrogen-bond acceptors (Lipinski definition) is 2. The maximum atomic E-state index is 13.0. The van der Waals surface area contributed by atoms with Gasteiger partial charge in [-0.1, -0.05) is 12.1 Å². The highest BCUT2D eigenvalue weighted by Gasteiger charge is 2.04. The van der Waals surface area contributed by atoms with E-state index in [0.717, 1.165) is 5.56 Å². The number of hydrogen-bond donors (Lipinski definition) is 1. The maximum Gasteiger partial charge on any atom is 0.137 e. The SMILES string of the molecule is CC(O)c1ccc(Oc2ccc(F)c(Br)c2)cc1. The maximum absolute atomic E-state index is 13.0. The van der Waals surface area contributed by atoms with E-state index < -0.39 is 6.10 Å². The van der Waals surface area contributed by atoms with Crippen molar-refractivity contribution in [1.82, 2.24) is 0 Å². The van der Waals surface area contributed by atoms with Gasteiger partial charge in [0.2, 0.25) is 0 Å². The van der Waals surface area contributed by atoms with Gasteiger partial charge in [0.05, 0.1) is 10.6 Å². The van der Waals surface area contributed by atoms with Crippen LogP contribution >= 0.6 is 15.9 Å². The molecule has 4 heteroatoms. The van der Waals surface area contributed by atoms with Crippen molar-refractivity contribution in [3.8, 4) is 11.5 Å². The summed E-state index contributed by atoms with van der Waals surface area (Å²) in [7, 11) is 0. The van der Waals surface area contributed by atoms with E-state index in [-0.39, 0.29) is 5.82 Å². The standard InChI is InChI=1S/C14H12BrFO2/c1-9(17)10-2-4-11(5-3-10)18-12-6-7-14(16)13(15)8-12/h2-9,17H,1H3. The van der Waals surface area contributed by atoms with E-state index in [1.165, 1.54) is 6.07 Å². The molecule has 2 nitrogen and oxygen atoms in total. The molecule has 1 N–H and O–H groups in total. The van der Waals surface area contributed by atoms with E-state index in [1.807, 2.05) is 0 Å². The van der Waals surface area contributed by atoms with E-state index in [1.54, 1.807) is 43.3 Å². The Kier molecular flexibility index (Phi) is 3.99. The van der Waals surface area contributed by atoms with Crippen molar-refractivity contribution in [2.45, 2.75) is 13.0 Å². The van der Waals surface area contributed by atoms with Crippen LogP contribution in [0.1, 0.15) is 18.6 Å². The summed E-state index contributed by atoms with van der Waals surface area (Å²) in [5.41, 5.74) is 0.822. The first-order chi connectivity index (χ1) is 8.56. The van der Waals surface area contributed by atoms with Crippen molar-refractivity contribution < 1.29 is 14.2 Å². The van der Waals surface area contributed by atoms with Gasteiger partial charge in [0.1, 0.15) is 17.3 Å². The molecule has 0 fully saturated rings. The van der Waals surface area contributed by atoms with Crippen LogP contribution in [0.4, 0.5) is 4.39 Å². The van der Waals surface area contributed by atoms with Crippen molar-refractivity contribution in [3.05, 3.63) is 58.3 Å². The number of aliphatic hydroxyl groups excluding tert-OH is 1. The highest BCUT2D eigenvalue weighted by molar-refractivity contribution is 9.10. The molecule has 0 aromatic heterocycles. The van der Waals surface area contributed by atoms with Gasteiger partial charge in [0, 0.05) is 0 Å². The van der Waals surface area contributed by atoms with Crippen LogP contribution in [-0.4, -0.2) is 5.11 Å². The second kappa shape index (κ2) is 5.50. The molecule has 1 unspecified atom stereocenters. The number of halogens is 2. The summed E-state index contributed by atoms with van der Waals surface area (Å²) in [6.07, 6.45) is -0.501. The molecule has 0 bridgehead atoms. The Balaban J connectivity index is 2.15. The van der Waals surface area contributed by atoms with Crippen molar-refractivity contribution >= 4 is 15.9 Å². The third-order valence-electron chi connectivity index (χ3n) is 2.49. The van der Waals surface area contributed by atoms with Crippen molar-refractivity contribution in [2.75, 3.05) is 0 Å². The van der Waals surface area contributed by atoms with Gasteiger partial charge in [-0.15, -0.1) is 0 Å². The summed E-state index contributed by atoms with van der Waals surface area (Å²) in [5.74, 6) is 0.859. The molecule has 2 aromatic rings. The third-order valence-corrected chi connectivity index (χ3v) is 3.10. The molecule has 2 aromatic carbocycles. The van der Waals surface area contributed by atoms with Gasteiger partial charge in [-0.25, -0.2) is 4.39 Å². The zero-order chi connectivity index (χ0) is 13.1. The molecule has 0 saturated carbocycles. The second-order valence-corrected chi connectivity index (χ2v) is 4.78. The molecular weight excluding hydrogens is 299 g/mol. The zero-order valence-electron chi connectivity index (χ0n) is 9.73. The van der Waals surface area contributed by atoms with Gasteiger partial charge < -0.3 is 9.84 Å². The molecule has 1 atom stereocenters. The minimum absolute atomic E-state index is 0.327. The lowest BCUT2D eigenvalue weighted by Crippen LogP contribution is -1.91. The Bertz CT molecular complexity index is 538. The smallest absolute Gasteiger partial charge is 0.137 e. The monoisotopic (exact) mass is 310 g/mol. The Labute approximate surface area is 113 Å². The zero-order valence-corrected chi connectivity index (χ0v) is 11.3. The summed E-state index contributed by atoms with van der Waals surface area (Å²) < 4.78 is 19.0. The molecule has 0 radical (unpaired) electrons. The van der Waals surface area contributed by atoms with E-state index in [2.05, 4.69) is 15.9 Å². The number of aliphatic hydroxyl groups is 1. The number of rotatable bonds is 3. The van der Waals surface area contributed by atoms with Crippen LogP contribution in [0.15, 0.2) is 46.9 Å². The fraction of sp³-hybridized carbons (Fsp3) is 0.143. The summed E-state index contributed by atoms with van der Waals surface area (Å²) in [5, 5.41) is 9.38. The Morgan fingerprint density at radius 1 is 1.11 bits per heavy atom. The summed E-state index contributed by atoms with van der Waals surface area (Å²) >= 11 is 3.10. The van der Waals surface area contributed by atoms with E-state index in [4.69, 9.17) is 4.74 Å². The van der Waals surface area contributed by atoms with Crippen LogP contribution in [0.25, 0.3) is 0 Å². The van der Waals surface area contributed by atoms with Gasteiger partial charge >= 0.3 is 0 Å². The van der Waals surface area contributed by atoms with Crippen LogP contribution in [0, 0.1) is 5.82 Å².